The van der Waals surface area contributed by atoms with Gasteiger partial charge in [0.25, 0.3) is 5.91 Å². The molecule has 1 N–H and O–H groups in total. The van der Waals surface area contributed by atoms with Crippen molar-refractivity contribution in [2.75, 3.05) is 5.32 Å². The van der Waals surface area contributed by atoms with Gasteiger partial charge in [-0.3, -0.25) is 10.1 Å². The van der Waals surface area contributed by atoms with Gasteiger partial charge >= 0.3 is 0 Å². The molecule has 2 rings (SSSR count). The molecule has 0 saturated heterocycles. The summed E-state index contributed by atoms with van der Waals surface area (Å²) in [6.45, 7) is 0. The SMILES string of the molecule is O=C(Nc1nccc(Cl)n1)c1ccccc1. The van der Waals surface area contributed by atoms with Crippen molar-refractivity contribution in [3.8, 4) is 0 Å². The van der Waals surface area contributed by atoms with Crippen molar-refractivity contribution in [3.63, 3.8) is 0 Å². The van der Waals surface area contributed by atoms with Gasteiger partial charge in [-0.25, -0.2) is 9.97 Å². The van der Waals surface area contributed by atoms with Gasteiger partial charge in [0.2, 0.25) is 5.95 Å². The number of benzene rings is 1. The number of hydrogen-bond donors (Lipinski definition) is 1. The number of nitrogens with one attached hydrogen (secondary N) is 1. The maximum absolute atomic E-state index is 11.7. The summed E-state index contributed by atoms with van der Waals surface area (Å²) in [5, 5.41) is 2.84. The molecule has 1 heterocycles. The van der Waals surface area contributed by atoms with Gasteiger partial charge in [0.05, 0.1) is 0 Å². The van der Waals surface area contributed by atoms with E-state index in [-0.39, 0.29) is 11.9 Å². The Morgan fingerprint density at radius 2 is 1.94 bits per heavy atom. The number of anilines is 1. The topological polar surface area (TPSA) is 54.9 Å². The molecule has 0 saturated carbocycles. The lowest BCUT2D eigenvalue weighted by Gasteiger charge is -2.02. The highest BCUT2D eigenvalue weighted by atomic mass is 35.5. The first kappa shape index (κ1) is 10.6. The number of rotatable bonds is 2. The van der Waals surface area contributed by atoms with Crippen molar-refractivity contribution >= 4 is 23.5 Å². The number of halogens is 1. The quantitative estimate of drug-likeness (QED) is 0.811. The Labute approximate surface area is 97.3 Å². The lowest BCUT2D eigenvalue weighted by Crippen LogP contribution is -2.13. The van der Waals surface area contributed by atoms with Crippen LogP contribution in [0, 0.1) is 0 Å². The van der Waals surface area contributed by atoms with Crippen LogP contribution in [0.1, 0.15) is 10.4 Å². The summed E-state index contributed by atoms with van der Waals surface area (Å²) in [6, 6.07) is 10.4. The Morgan fingerprint density at radius 3 is 2.62 bits per heavy atom. The third kappa shape index (κ3) is 2.55. The molecular formula is C11H8ClN3O. The molecule has 1 aromatic carbocycles. The number of nitrogens with zero attached hydrogens (tertiary/aromatic N) is 2. The second-order valence-corrected chi connectivity index (χ2v) is 3.41. The standard InChI is InChI=1S/C11H8ClN3O/c12-9-6-7-13-11(14-9)15-10(16)8-4-2-1-3-5-8/h1-7H,(H,13,14,15,16). The molecule has 0 fully saturated rings. The van der Waals surface area contributed by atoms with Gasteiger partial charge in [-0.15, -0.1) is 0 Å². The Balaban J connectivity index is 2.14. The first-order chi connectivity index (χ1) is 7.75. The molecule has 1 aromatic heterocycles. The van der Waals surface area contributed by atoms with Crippen LogP contribution in [0.3, 0.4) is 0 Å². The van der Waals surface area contributed by atoms with Gasteiger partial charge in [-0.2, -0.15) is 0 Å². The molecule has 4 nitrogen and oxygen atoms in total. The molecule has 0 aliphatic heterocycles. The minimum atomic E-state index is -0.261. The first-order valence-electron chi connectivity index (χ1n) is 4.60. The molecule has 0 aliphatic carbocycles. The van der Waals surface area contributed by atoms with Crippen molar-refractivity contribution in [3.05, 3.63) is 53.3 Å². The van der Waals surface area contributed by atoms with Crippen molar-refractivity contribution < 1.29 is 4.79 Å². The number of hydrogen-bond acceptors (Lipinski definition) is 3. The zero-order valence-corrected chi connectivity index (χ0v) is 8.98. The summed E-state index contributed by atoms with van der Waals surface area (Å²) in [4.78, 5) is 19.4. The van der Waals surface area contributed by atoms with E-state index in [9.17, 15) is 4.79 Å². The molecule has 0 aliphatic rings. The average molecular weight is 234 g/mol. The van der Waals surface area contributed by atoms with Crippen LogP contribution < -0.4 is 5.32 Å². The fourth-order valence-electron chi connectivity index (χ4n) is 1.16. The summed E-state index contributed by atoms with van der Waals surface area (Å²) in [5.74, 6) is -0.0655. The van der Waals surface area contributed by atoms with E-state index in [1.807, 2.05) is 6.07 Å². The van der Waals surface area contributed by atoms with E-state index in [1.54, 1.807) is 30.3 Å². The monoisotopic (exact) mass is 233 g/mol. The summed E-state index contributed by atoms with van der Waals surface area (Å²) in [6.07, 6.45) is 1.48. The minimum absolute atomic E-state index is 0.196. The van der Waals surface area contributed by atoms with Crippen LogP contribution in [0.25, 0.3) is 0 Å². The average Bonchev–Trinajstić information content (AvgIpc) is 2.30. The smallest absolute Gasteiger partial charge is 0.258 e. The van der Waals surface area contributed by atoms with Crippen molar-refractivity contribution in [1.29, 1.82) is 0 Å². The lowest BCUT2D eigenvalue weighted by molar-refractivity contribution is 0.102. The molecule has 0 radical (unpaired) electrons. The summed E-state index contributed by atoms with van der Waals surface area (Å²) >= 11 is 5.67. The number of carbonyl (C=O) groups excluding carboxylic acids is 1. The highest BCUT2D eigenvalue weighted by molar-refractivity contribution is 6.29. The van der Waals surface area contributed by atoms with Crippen molar-refractivity contribution in [2.24, 2.45) is 0 Å². The summed E-state index contributed by atoms with van der Waals surface area (Å²) in [7, 11) is 0. The molecule has 2 aromatic rings. The minimum Gasteiger partial charge on any atom is -0.290 e. The van der Waals surface area contributed by atoms with E-state index in [4.69, 9.17) is 11.6 Å². The van der Waals surface area contributed by atoms with Gasteiger partial charge in [0.1, 0.15) is 5.15 Å². The Kier molecular flexibility index (Phi) is 3.12. The van der Waals surface area contributed by atoms with Gasteiger partial charge in [0.15, 0.2) is 0 Å². The van der Waals surface area contributed by atoms with Crippen molar-refractivity contribution in [2.45, 2.75) is 0 Å². The van der Waals surface area contributed by atoms with Crippen LogP contribution in [0.15, 0.2) is 42.6 Å². The Hall–Kier alpha value is -1.94. The fourth-order valence-corrected chi connectivity index (χ4v) is 1.30. The molecule has 0 unspecified atom stereocenters. The predicted octanol–water partition coefficient (Wildman–Crippen LogP) is 2.38. The van der Waals surface area contributed by atoms with Crippen LogP contribution in [0.2, 0.25) is 5.15 Å². The normalized spacial score (nSPS) is 9.81. The highest BCUT2D eigenvalue weighted by Crippen LogP contribution is 2.07. The molecule has 80 valence electrons. The molecule has 5 heteroatoms. The molecule has 0 spiro atoms. The second kappa shape index (κ2) is 4.72. The Morgan fingerprint density at radius 1 is 1.19 bits per heavy atom. The van der Waals surface area contributed by atoms with Gasteiger partial charge in [-0.1, -0.05) is 29.8 Å². The van der Waals surface area contributed by atoms with E-state index in [2.05, 4.69) is 15.3 Å². The summed E-state index contributed by atoms with van der Waals surface area (Å²) in [5.41, 5.74) is 0.547. The third-order valence-corrected chi connectivity index (χ3v) is 2.09. The van der Waals surface area contributed by atoms with Crippen LogP contribution in [0.4, 0.5) is 5.95 Å². The number of carbonyl (C=O) groups is 1. The summed E-state index contributed by atoms with van der Waals surface area (Å²) < 4.78 is 0. The van der Waals surface area contributed by atoms with Crippen LogP contribution in [0.5, 0.6) is 0 Å². The maximum Gasteiger partial charge on any atom is 0.258 e. The Bertz CT molecular complexity index is 502. The van der Waals surface area contributed by atoms with E-state index in [1.165, 1.54) is 6.20 Å². The first-order valence-corrected chi connectivity index (χ1v) is 4.98. The third-order valence-electron chi connectivity index (χ3n) is 1.88. The molecular weight excluding hydrogens is 226 g/mol. The number of amides is 1. The van der Waals surface area contributed by atoms with E-state index >= 15 is 0 Å². The highest BCUT2D eigenvalue weighted by Gasteiger charge is 2.06. The van der Waals surface area contributed by atoms with Crippen LogP contribution >= 0.6 is 11.6 Å². The zero-order chi connectivity index (χ0) is 11.4. The maximum atomic E-state index is 11.7. The fraction of sp³-hybridized carbons (Fsp3) is 0. The van der Waals surface area contributed by atoms with E-state index in [0.29, 0.717) is 10.7 Å². The van der Waals surface area contributed by atoms with Crippen LogP contribution in [-0.2, 0) is 0 Å². The van der Waals surface area contributed by atoms with Crippen LogP contribution in [-0.4, -0.2) is 15.9 Å². The molecule has 1 amide bonds. The van der Waals surface area contributed by atoms with E-state index < -0.39 is 0 Å². The largest absolute Gasteiger partial charge is 0.290 e. The van der Waals surface area contributed by atoms with Gasteiger partial charge < -0.3 is 0 Å². The number of aromatic nitrogens is 2. The van der Waals surface area contributed by atoms with Crippen molar-refractivity contribution in [1.82, 2.24) is 9.97 Å². The lowest BCUT2D eigenvalue weighted by atomic mass is 10.2. The zero-order valence-electron chi connectivity index (χ0n) is 8.22. The van der Waals surface area contributed by atoms with Gasteiger partial charge in [0, 0.05) is 11.8 Å². The molecule has 0 atom stereocenters. The molecule has 0 bridgehead atoms. The van der Waals surface area contributed by atoms with Gasteiger partial charge in [-0.05, 0) is 18.2 Å². The van der Waals surface area contributed by atoms with E-state index in [0.717, 1.165) is 0 Å². The molecule has 16 heavy (non-hydrogen) atoms. The predicted molar refractivity (Wildman–Crippen MR) is 61.4 cm³/mol. The second-order valence-electron chi connectivity index (χ2n) is 3.02.